The van der Waals surface area contributed by atoms with Crippen molar-refractivity contribution in [1.29, 1.82) is 0 Å². The zero-order valence-corrected chi connectivity index (χ0v) is 9.67. The van der Waals surface area contributed by atoms with Gasteiger partial charge in [0.2, 0.25) is 5.92 Å². The predicted octanol–water partition coefficient (Wildman–Crippen LogP) is 3.53. The van der Waals surface area contributed by atoms with Gasteiger partial charge in [-0.2, -0.15) is 0 Å². The normalized spacial score (nSPS) is 21.5. The van der Waals surface area contributed by atoms with Crippen molar-refractivity contribution in [1.82, 2.24) is 9.97 Å². The molecule has 0 aliphatic heterocycles. The molecule has 1 aromatic rings. The first-order valence-corrected chi connectivity index (χ1v) is 5.71. The Kier molecular flexibility index (Phi) is 3.00. The summed E-state index contributed by atoms with van der Waals surface area (Å²) in [6, 6.07) is 0. The number of rotatable bonds is 1. The van der Waals surface area contributed by atoms with Gasteiger partial charge in [0.05, 0.1) is 4.47 Å². The van der Waals surface area contributed by atoms with Crippen LogP contribution in [0.2, 0.25) is 0 Å². The maximum absolute atomic E-state index is 12.9. The quantitative estimate of drug-likeness (QED) is 0.784. The van der Waals surface area contributed by atoms with E-state index >= 15 is 0 Å². The highest BCUT2D eigenvalue weighted by molar-refractivity contribution is 9.10. The molecule has 0 bridgehead atoms. The molecule has 2 nitrogen and oxygen atoms in total. The molecule has 0 unspecified atom stereocenters. The van der Waals surface area contributed by atoms with E-state index in [1.807, 2.05) is 0 Å². The van der Waals surface area contributed by atoms with Crippen LogP contribution in [0.1, 0.15) is 37.4 Å². The molecule has 1 aliphatic rings. The molecule has 0 radical (unpaired) electrons. The van der Waals surface area contributed by atoms with E-state index in [2.05, 4.69) is 25.9 Å². The fourth-order valence-electron chi connectivity index (χ4n) is 1.83. The highest BCUT2D eigenvalue weighted by Gasteiger charge is 2.36. The molecule has 2 rings (SSSR count). The van der Waals surface area contributed by atoms with Crippen molar-refractivity contribution in [2.24, 2.45) is 0 Å². The lowest BCUT2D eigenvalue weighted by Gasteiger charge is -2.27. The average Bonchev–Trinajstić information content (AvgIpc) is 2.20. The van der Waals surface area contributed by atoms with Gasteiger partial charge in [0.1, 0.15) is 5.82 Å². The third-order valence-corrected chi connectivity index (χ3v) is 3.13. The fraction of sp³-hybridized carbons (Fsp3) is 0.600. The van der Waals surface area contributed by atoms with Crippen LogP contribution in [-0.2, 0) is 0 Å². The van der Waals surface area contributed by atoms with E-state index in [0.717, 1.165) is 4.47 Å². The minimum atomic E-state index is -2.48. The summed E-state index contributed by atoms with van der Waals surface area (Å²) in [5.74, 6) is -1.70. The van der Waals surface area contributed by atoms with Gasteiger partial charge in [-0.25, -0.2) is 18.7 Å². The van der Waals surface area contributed by atoms with Crippen LogP contribution in [0.3, 0.4) is 0 Å². The smallest absolute Gasteiger partial charge is 0.240 e. The summed E-state index contributed by atoms with van der Waals surface area (Å²) in [4.78, 5) is 8.29. The topological polar surface area (TPSA) is 25.8 Å². The van der Waals surface area contributed by atoms with E-state index in [-0.39, 0.29) is 18.8 Å². The van der Waals surface area contributed by atoms with Crippen LogP contribution < -0.4 is 0 Å². The maximum Gasteiger partial charge on any atom is 0.248 e. The molecule has 15 heavy (non-hydrogen) atoms. The Balaban J connectivity index is 2.04. The van der Waals surface area contributed by atoms with Crippen LogP contribution in [0.4, 0.5) is 8.78 Å². The molecule has 0 atom stereocenters. The van der Waals surface area contributed by atoms with Crippen molar-refractivity contribution in [2.75, 3.05) is 0 Å². The van der Waals surface area contributed by atoms with Gasteiger partial charge in [-0.15, -0.1) is 0 Å². The molecular weight excluding hydrogens is 266 g/mol. The van der Waals surface area contributed by atoms with Crippen molar-refractivity contribution < 1.29 is 8.78 Å². The zero-order valence-electron chi connectivity index (χ0n) is 8.09. The Morgan fingerprint density at radius 3 is 2.27 bits per heavy atom. The van der Waals surface area contributed by atoms with Crippen LogP contribution in [0, 0.1) is 0 Å². The van der Waals surface area contributed by atoms with Gasteiger partial charge in [-0.1, -0.05) is 0 Å². The van der Waals surface area contributed by atoms with Crippen LogP contribution >= 0.6 is 15.9 Å². The molecular formula is C10H11BrF2N2. The standard InChI is InChI=1S/C10H11BrF2N2/c11-8-5-14-9(15-6-8)7-1-3-10(12,13)4-2-7/h5-7H,1-4H2. The van der Waals surface area contributed by atoms with E-state index in [0.29, 0.717) is 18.7 Å². The van der Waals surface area contributed by atoms with Gasteiger partial charge >= 0.3 is 0 Å². The second-order valence-electron chi connectivity index (χ2n) is 3.89. The third-order valence-electron chi connectivity index (χ3n) is 2.72. The summed E-state index contributed by atoms with van der Waals surface area (Å²) in [6.07, 6.45) is 4.20. The lowest BCUT2D eigenvalue weighted by Crippen LogP contribution is -2.24. The summed E-state index contributed by atoms with van der Waals surface area (Å²) in [7, 11) is 0. The van der Waals surface area contributed by atoms with Crippen LogP contribution in [0.25, 0.3) is 0 Å². The number of alkyl halides is 2. The van der Waals surface area contributed by atoms with Gasteiger partial charge in [0, 0.05) is 31.2 Å². The van der Waals surface area contributed by atoms with Gasteiger partial charge in [-0.05, 0) is 28.8 Å². The van der Waals surface area contributed by atoms with E-state index in [1.165, 1.54) is 0 Å². The summed E-state index contributed by atoms with van der Waals surface area (Å²) in [5.41, 5.74) is 0. The lowest BCUT2D eigenvalue weighted by atomic mass is 9.86. The molecule has 1 aliphatic carbocycles. The average molecular weight is 277 g/mol. The first-order chi connectivity index (χ1) is 7.07. The first-order valence-electron chi connectivity index (χ1n) is 4.92. The van der Waals surface area contributed by atoms with Crippen LogP contribution in [0.15, 0.2) is 16.9 Å². The summed E-state index contributed by atoms with van der Waals surface area (Å²) < 4.78 is 26.6. The van der Waals surface area contributed by atoms with E-state index in [1.54, 1.807) is 12.4 Å². The highest BCUT2D eigenvalue weighted by atomic mass is 79.9. The molecule has 5 heteroatoms. The predicted molar refractivity (Wildman–Crippen MR) is 55.9 cm³/mol. The SMILES string of the molecule is FC1(F)CCC(c2ncc(Br)cn2)CC1. The number of aromatic nitrogens is 2. The Morgan fingerprint density at radius 2 is 1.73 bits per heavy atom. The molecule has 0 aromatic carbocycles. The number of nitrogens with zero attached hydrogens (tertiary/aromatic N) is 2. The number of hydrogen-bond donors (Lipinski definition) is 0. The maximum atomic E-state index is 12.9. The largest absolute Gasteiger partial charge is 0.248 e. The highest BCUT2D eigenvalue weighted by Crippen LogP contribution is 2.39. The van der Waals surface area contributed by atoms with Crippen molar-refractivity contribution in [3.05, 3.63) is 22.7 Å². The second-order valence-corrected chi connectivity index (χ2v) is 4.81. The Labute approximate surface area is 95.3 Å². The van der Waals surface area contributed by atoms with Crippen LogP contribution in [0.5, 0.6) is 0 Å². The van der Waals surface area contributed by atoms with E-state index in [4.69, 9.17) is 0 Å². The molecule has 1 fully saturated rings. The summed E-state index contributed by atoms with van der Waals surface area (Å²) >= 11 is 3.24. The molecule has 1 aromatic heterocycles. The third kappa shape index (κ3) is 2.71. The fourth-order valence-corrected chi connectivity index (χ4v) is 2.04. The molecule has 0 spiro atoms. The number of hydrogen-bond acceptors (Lipinski definition) is 2. The van der Waals surface area contributed by atoms with E-state index in [9.17, 15) is 8.78 Å². The second kappa shape index (κ2) is 4.12. The zero-order chi connectivity index (χ0) is 10.9. The summed E-state index contributed by atoms with van der Waals surface area (Å²) in [6.45, 7) is 0. The van der Waals surface area contributed by atoms with Crippen molar-refractivity contribution in [3.8, 4) is 0 Å². The Morgan fingerprint density at radius 1 is 1.20 bits per heavy atom. The molecule has 0 amide bonds. The molecule has 82 valence electrons. The summed E-state index contributed by atoms with van der Waals surface area (Å²) in [5, 5.41) is 0. The lowest BCUT2D eigenvalue weighted by molar-refractivity contribution is -0.0387. The molecule has 1 heterocycles. The Hall–Kier alpha value is -0.580. The van der Waals surface area contributed by atoms with Crippen molar-refractivity contribution in [2.45, 2.75) is 37.5 Å². The minimum absolute atomic E-state index is 0.0446. The molecule has 0 saturated heterocycles. The first kappa shape index (κ1) is 10.9. The number of halogens is 3. The Bertz CT molecular complexity index is 330. The van der Waals surface area contributed by atoms with Gasteiger partial charge in [0.15, 0.2) is 0 Å². The minimum Gasteiger partial charge on any atom is -0.240 e. The molecule has 0 N–H and O–H groups in total. The van der Waals surface area contributed by atoms with Crippen LogP contribution in [-0.4, -0.2) is 15.9 Å². The molecule has 1 saturated carbocycles. The van der Waals surface area contributed by atoms with Gasteiger partial charge in [0.25, 0.3) is 0 Å². The van der Waals surface area contributed by atoms with Gasteiger partial charge in [-0.3, -0.25) is 0 Å². The van der Waals surface area contributed by atoms with Gasteiger partial charge < -0.3 is 0 Å². The van der Waals surface area contributed by atoms with E-state index < -0.39 is 5.92 Å². The van der Waals surface area contributed by atoms with Crippen molar-refractivity contribution in [3.63, 3.8) is 0 Å². The van der Waals surface area contributed by atoms with Crippen molar-refractivity contribution >= 4 is 15.9 Å². The monoisotopic (exact) mass is 276 g/mol.